The first-order valence-corrected chi connectivity index (χ1v) is 11.2. The van der Waals surface area contributed by atoms with E-state index in [4.69, 9.17) is 9.47 Å². The summed E-state index contributed by atoms with van der Waals surface area (Å²) in [4.78, 5) is 6.88. The number of rotatable bonds is 9. The number of nitrogens with zero attached hydrogens (tertiary/aromatic N) is 2. The van der Waals surface area contributed by atoms with E-state index in [0.29, 0.717) is 5.41 Å². The summed E-state index contributed by atoms with van der Waals surface area (Å²) in [6.07, 6.45) is 6.35. The lowest BCUT2D eigenvalue weighted by molar-refractivity contribution is 0.105. The molecule has 1 aromatic rings. The van der Waals surface area contributed by atoms with E-state index < -0.39 is 0 Å². The Bertz CT molecular complexity index is 644. The van der Waals surface area contributed by atoms with Crippen molar-refractivity contribution in [2.75, 3.05) is 58.0 Å². The second-order valence-electron chi connectivity index (χ2n) is 8.16. The summed E-state index contributed by atoms with van der Waals surface area (Å²) >= 11 is 0. The van der Waals surface area contributed by atoms with Crippen LogP contribution in [-0.4, -0.2) is 59.1 Å². The van der Waals surface area contributed by atoms with E-state index in [1.807, 2.05) is 7.05 Å². The van der Waals surface area contributed by atoms with E-state index in [1.165, 1.54) is 36.9 Å². The van der Waals surface area contributed by atoms with Crippen molar-refractivity contribution in [3.63, 3.8) is 0 Å². The predicted octanol–water partition coefficient (Wildman–Crippen LogP) is 3.79. The second-order valence-corrected chi connectivity index (χ2v) is 8.16. The van der Waals surface area contributed by atoms with Gasteiger partial charge in [0.25, 0.3) is 0 Å². The van der Waals surface area contributed by atoms with Gasteiger partial charge in [-0.05, 0) is 43.2 Å². The second kappa shape index (κ2) is 13.4. The third-order valence-electron chi connectivity index (χ3n) is 6.29. The van der Waals surface area contributed by atoms with Gasteiger partial charge >= 0.3 is 0 Å². The fraction of sp³-hybridized carbons (Fsp3) is 0.696. The predicted molar refractivity (Wildman–Crippen MR) is 135 cm³/mol. The number of para-hydroxylation sites is 1. The SMILES string of the molecule is CCOCCC1(CNC(=NC)NCc2ccccc2N2CCOCC2)CCCC1.I. The number of aliphatic imine (C=N–C) groups is 1. The molecular formula is C23H39IN4O2. The Morgan fingerprint density at radius 3 is 2.60 bits per heavy atom. The van der Waals surface area contributed by atoms with Crippen molar-refractivity contribution in [1.29, 1.82) is 0 Å². The molecule has 0 radical (unpaired) electrons. The average Bonchev–Trinajstić information content (AvgIpc) is 3.24. The maximum atomic E-state index is 5.64. The molecule has 30 heavy (non-hydrogen) atoms. The van der Waals surface area contributed by atoms with E-state index in [9.17, 15) is 0 Å². The highest BCUT2D eigenvalue weighted by atomic mass is 127. The van der Waals surface area contributed by atoms with Crippen LogP contribution in [0.4, 0.5) is 5.69 Å². The van der Waals surface area contributed by atoms with Crippen molar-refractivity contribution in [1.82, 2.24) is 10.6 Å². The summed E-state index contributed by atoms with van der Waals surface area (Å²) in [5, 5.41) is 7.12. The number of halogens is 1. The molecule has 0 atom stereocenters. The standard InChI is InChI=1S/C23H38N4O2.HI/c1-3-28-15-12-23(10-6-7-11-23)19-26-22(24-2)25-18-20-8-4-5-9-21(20)27-13-16-29-17-14-27;/h4-5,8-9H,3,6-7,10-19H2,1-2H3,(H2,24,25,26);1H. The molecule has 1 aliphatic carbocycles. The molecule has 6 nitrogen and oxygen atoms in total. The number of ether oxygens (including phenoxy) is 2. The van der Waals surface area contributed by atoms with Crippen LogP contribution in [0, 0.1) is 5.41 Å². The van der Waals surface area contributed by atoms with Gasteiger partial charge in [0.05, 0.1) is 13.2 Å². The lowest BCUT2D eigenvalue weighted by Gasteiger charge is -2.31. The van der Waals surface area contributed by atoms with Gasteiger partial charge < -0.3 is 25.0 Å². The van der Waals surface area contributed by atoms with E-state index in [0.717, 1.165) is 65.0 Å². The van der Waals surface area contributed by atoms with Crippen molar-refractivity contribution < 1.29 is 9.47 Å². The Balaban J connectivity index is 0.00000320. The lowest BCUT2D eigenvalue weighted by atomic mass is 9.83. The quantitative estimate of drug-likeness (QED) is 0.220. The molecule has 1 heterocycles. The molecule has 0 unspecified atom stereocenters. The normalized spacial score (nSPS) is 18.7. The minimum Gasteiger partial charge on any atom is -0.382 e. The van der Waals surface area contributed by atoms with Gasteiger partial charge in [-0.2, -0.15) is 0 Å². The Morgan fingerprint density at radius 2 is 1.90 bits per heavy atom. The van der Waals surface area contributed by atoms with Crippen molar-refractivity contribution in [3.05, 3.63) is 29.8 Å². The number of hydrogen-bond donors (Lipinski definition) is 2. The zero-order chi connectivity index (χ0) is 20.4. The maximum Gasteiger partial charge on any atom is 0.191 e. The van der Waals surface area contributed by atoms with Crippen LogP contribution >= 0.6 is 24.0 Å². The molecule has 2 aliphatic rings. The molecule has 7 heteroatoms. The van der Waals surface area contributed by atoms with Gasteiger partial charge in [0.1, 0.15) is 0 Å². The molecule has 3 rings (SSSR count). The average molecular weight is 530 g/mol. The minimum atomic E-state index is 0. The third-order valence-corrected chi connectivity index (χ3v) is 6.29. The number of nitrogens with one attached hydrogen (secondary N) is 2. The zero-order valence-corrected chi connectivity index (χ0v) is 21.0. The summed E-state index contributed by atoms with van der Waals surface area (Å²) in [6, 6.07) is 8.63. The van der Waals surface area contributed by atoms with E-state index in [-0.39, 0.29) is 24.0 Å². The minimum absolute atomic E-state index is 0. The Labute approximate surface area is 199 Å². The van der Waals surface area contributed by atoms with Crippen LogP contribution in [0.3, 0.4) is 0 Å². The topological polar surface area (TPSA) is 58.1 Å². The number of guanidine groups is 1. The highest BCUT2D eigenvalue weighted by Crippen LogP contribution is 2.40. The van der Waals surface area contributed by atoms with Gasteiger partial charge in [-0.15, -0.1) is 24.0 Å². The van der Waals surface area contributed by atoms with Crippen LogP contribution in [0.1, 0.15) is 44.6 Å². The van der Waals surface area contributed by atoms with Crippen molar-refractivity contribution in [2.24, 2.45) is 10.4 Å². The highest BCUT2D eigenvalue weighted by Gasteiger charge is 2.33. The lowest BCUT2D eigenvalue weighted by Crippen LogP contribution is -2.43. The largest absolute Gasteiger partial charge is 0.382 e. The van der Waals surface area contributed by atoms with Gasteiger partial charge in [0.2, 0.25) is 0 Å². The highest BCUT2D eigenvalue weighted by molar-refractivity contribution is 14.0. The summed E-state index contributed by atoms with van der Waals surface area (Å²) < 4.78 is 11.1. The Kier molecular flexibility index (Phi) is 11.2. The molecule has 2 fully saturated rings. The van der Waals surface area contributed by atoms with Gasteiger partial charge in [0, 0.05) is 52.1 Å². The summed E-state index contributed by atoms with van der Waals surface area (Å²) in [6.45, 7) is 8.96. The summed E-state index contributed by atoms with van der Waals surface area (Å²) in [7, 11) is 1.85. The van der Waals surface area contributed by atoms with Crippen LogP contribution in [0.2, 0.25) is 0 Å². The molecule has 0 amide bonds. The van der Waals surface area contributed by atoms with Crippen LogP contribution in [0.15, 0.2) is 29.3 Å². The Morgan fingerprint density at radius 1 is 1.17 bits per heavy atom. The number of hydrogen-bond acceptors (Lipinski definition) is 4. The van der Waals surface area contributed by atoms with Crippen LogP contribution in [0.25, 0.3) is 0 Å². The fourth-order valence-electron chi connectivity index (χ4n) is 4.52. The van der Waals surface area contributed by atoms with Gasteiger partial charge in [-0.25, -0.2) is 0 Å². The van der Waals surface area contributed by atoms with Crippen LogP contribution in [0.5, 0.6) is 0 Å². The van der Waals surface area contributed by atoms with Crippen LogP contribution in [-0.2, 0) is 16.0 Å². The van der Waals surface area contributed by atoms with Gasteiger partial charge in [-0.3, -0.25) is 4.99 Å². The van der Waals surface area contributed by atoms with Gasteiger partial charge in [-0.1, -0.05) is 31.0 Å². The van der Waals surface area contributed by atoms with E-state index >= 15 is 0 Å². The zero-order valence-electron chi connectivity index (χ0n) is 18.6. The van der Waals surface area contributed by atoms with E-state index in [1.54, 1.807) is 0 Å². The van der Waals surface area contributed by atoms with Crippen molar-refractivity contribution in [3.8, 4) is 0 Å². The molecule has 1 aliphatic heterocycles. The molecule has 170 valence electrons. The first-order valence-electron chi connectivity index (χ1n) is 11.2. The molecule has 1 aromatic carbocycles. The van der Waals surface area contributed by atoms with Gasteiger partial charge in [0.15, 0.2) is 5.96 Å². The molecule has 0 spiro atoms. The molecule has 1 saturated carbocycles. The van der Waals surface area contributed by atoms with E-state index in [2.05, 4.69) is 51.7 Å². The Hall–Kier alpha value is -1.06. The number of benzene rings is 1. The third kappa shape index (κ3) is 7.27. The number of morpholine rings is 1. The molecule has 0 aromatic heterocycles. The first-order chi connectivity index (χ1) is 14.3. The maximum absolute atomic E-state index is 5.64. The summed E-state index contributed by atoms with van der Waals surface area (Å²) in [5.41, 5.74) is 2.94. The first kappa shape index (κ1) is 25.2. The fourth-order valence-corrected chi connectivity index (χ4v) is 4.52. The van der Waals surface area contributed by atoms with Crippen molar-refractivity contribution >= 4 is 35.6 Å². The van der Waals surface area contributed by atoms with Crippen LogP contribution < -0.4 is 15.5 Å². The summed E-state index contributed by atoms with van der Waals surface area (Å²) in [5.74, 6) is 0.879. The van der Waals surface area contributed by atoms with Crippen molar-refractivity contribution in [2.45, 2.75) is 45.6 Å². The number of anilines is 1. The molecular weight excluding hydrogens is 491 g/mol. The molecule has 1 saturated heterocycles. The smallest absolute Gasteiger partial charge is 0.191 e. The molecule has 0 bridgehead atoms. The monoisotopic (exact) mass is 530 g/mol. The molecule has 2 N–H and O–H groups in total.